The number of para-hydroxylation sites is 1. The Kier molecular flexibility index (Phi) is 4.23. The third-order valence-electron chi connectivity index (χ3n) is 2.88. The third-order valence-corrected chi connectivity index (χ3v) is 3.77. The van der Waals surface area contributed by atoms with Crippen molar-refractivity contribution >= 4 is 33.2 Å². The van der Waals surface area contributed by atoms with Crippen molar-refractivity contribution in [2.45, 2.75) is 6.92 Å². The Balaban J connectivity index is 2.36. The van der Waals surface area contributed by atoms with Crippen LogP contribution in [-0.2, 0) is 0 Å². The molecule has 2 aromatic rings. The lowest BCUT2D eigenvalue weighted by molar-refractivity contribution is -0.384. The summed E-state index contributed by atoms with van der Waals surface area (Å²) in [5, 5.41) is 23.0. The van der Waals surface area contributed by atoms with Crippen LogP contribution in [-0.4, -0.2) is 15.9 Å². The zero-order valence-electron chi connectivity index (χ0n) is 11.0. The van der Waals surface area contributed by atoms with Crippen molar-refractivity contribution in [3.63, 3.8) is 0 Å². The molecule has 2 aromatic carbocycles. The highest BCUT2D eigenvalue weighted by Crippen LogP contribution is 2.33. The first-order chi connectivity index (χ1) is 9.90. The Bertz CT molecular complexity index is 731. The van der Waals surface area contributed by atoms with Crippen LogP contribution in [0.4, 0.5) is 11.4 Å². The zero-order chi connectivity index (χ0) is 15.6. The second kappa shape index (κ2) is 5.92. The first-order valence-electron chi connectivity index (χ1n) is 5.94. The van der Waals surface area contributed by atoms with E-state index in [1.54, 1.807) is 18.2 Å². The van der Waals surface area contributed by atoms with Crippen LogP contribution in [0.15, 0.2) is 40.9 Å². The largest absolute Gasteiger partial charge is 0.505 e. The number of phenolic OH excluding ortho intramolecular Hbond substituents is 1. The van der Waals surface area contributed by atoms with Gasteiger partial charge in [-0.1, -0.05) is 22.0 Å². The normalized spacial score (nSPS) is 10.2. The van der Waals surface area contributed by atoms with Crippen LogP contribution >= 0.6 is 15.9 Å². The van der Waals surface area contributed by atoms with Crippen LogP contribution in [0.1, 0.15) is 15.9 Å². The number of rotatable bonds is 3. The van der Waals surface area contributed by atoms with Crippen molar-refractivity contribution in [1.29, 1.82) is 0 Å². The molecule has 0 saturated carbocycles. The Hall–Kier alpha value is -2.41. The van der Waals surface area contributed by atoms with E-state index >= 15 is 0 Å². The molecule has 0 atom stereocenters. The number of nitrogens with zero attached hydrogens (tertiary/aromatic N) is 1. The van der Waals surface area contributed by atoms with Gasteiger partial charge in [0.1, 0.15) is 5.75 Å². The summed E-state index contributed by atoms with van der Waals surface area (Å²) in [6, 6.07) is 8.76. The van der Waals surface area contributed by atoms with E-state index in [2.05, 4.69) is 21.2 Å². The van der Waals surface area contributed by atoms with Gasteiger partial charge in [-0.2, -0.15) is 0 Å². The van der Waals surface area contributed by atoms with E-state index < -0.39 is 10.8 Å². The van der Waals surface area contributed by atoms with Gasteiger partial charge in [0.05, 0.1) is 4.92 Å². The van der Waals surface area contributed by atoms with Crippen molar-refractivity contribution in [3.05, 3.63) is 62.1 Å². The number of carbonyl (C=O) groups excluding carboxylic acids is 1. The van der Waals surface area contributed by atoms with Crippen LogP contribution in [0, 0.1) is 17.0 Å². The summed E-state index contributed by atoms with van der Waals surface area (Å²) in [5.74, 6) is -0.887. The SMILES string of the molecule is Cc1cc(C(=O)Nc2c(O)cccc2[N+](=O)[O-])ccc1Br. The van der Waals surface area contributed by atoms with Crippen LogP contribution in [0.5, 0.6) is 5.75 Å². The van der Waals surface area contributed by atoms with E-state index in [4.69, 9.17) is 0 Å². The number of aryl methyl sites for hydroxylation is 1. The highest BCUT2D eigenvalue weighted by Gasteiger charge is 2.20. The lowest BCUT2D eigenvalue weighted by atomic mass is 10.1. The molecule has 0 saturated heterocycles. The van der Waals surface area contributed by atoms with Crippen molar-refractivity contribution < 1.29 is 14.8 Å². The molecular formula is C14H11BrN2O4. The molecule has 108 valence electrons. The van der Waals surface area contributed by atoms with Crippen LogP contribution < -0.4 is 5.32 Å². The second-order valence-corrected chi connectivity index (χ2v) is 5.20. The first kappa shape index (κ1) is 15.0. The molecule has 0 spiro atoms. The molecule has 7 heteroatoms. The number of nitrogens with one attached hydrogen (secondary N) is 1. The zero-order valence-corrected chi connectivity index (χ0v) is 12.5. The number of nitro groups is 1. The monoisotopic (exact) mass is 350 g/mol. The average Bonchev–Trinajstić information content (AvgIpc) is 2.43. The Morgan fingerprint density at radius 3 is 2.67 bits per heavy atom. The summed E-state index contributed by atoms with van der Waals surface area (Å²) in [7, 11) is 0. The summed E-state index contributed by atoms with van der Waals surface area (Å²) in [4.78, 5) is 22.4. The van der Waals surface area contributed by atoms with E-state index in [-0.39, 0.29) is 17.1 Å². The molecule has 21 heavy (non-hydrogen) atoms. The van der Waals surface area contributed by atoms with E-state index in [1.165, 1.54) is 18.2 Å². The number of anilines is 1. The smallest absolute Gasteiger partial charge is 0.296 e. The van der Waals surface area contributed by atoms with Crippen molar-refractivity contribution in [1.82, 2.24) is 0 Å². The van der Waals surface area contributed by atoms with E-state index in [0.717, 1.165) is 10.0 Å². The predicted molar refractivity (Wildman–Crippen MR) is 81.6 cm³/mol. The van der Waals surface area contributed by atoms with Gasteiger partial charge in [0, 0.05) is 16.1 Å². The van der Waals surface area contributed by atoms with Gasteiger partial charge in [-0.15, -0.1) is 0 Å². The quantitative estimate of drug-likeness (QED) is 0.502. The number of amides is 1. The lowest BCUT2D eigenvalue weighted by Crippen LogP contribution is -2.13. The maximum Gasteiger partial charge on any atom is 0.296 e. The summed E-state index contributed by atoms with van der Waals surface area (Å²) in [6.45, 7) is 1.82. The number of halogens is 1. The van der Waals surface area contributed by atoms with Gasteiger partial charge >= 0.3 is 0 Å². The van der Waals surface area contributed by atoms with Crippen molar-refractivity contribution in [3.8, 4) is 5.75 Å². The number of benzene rings is 2. The van der Waals surface area contributed by atoms with Crippen LogP contribution in [0.3, 0.4) is 0 Å². The molecule has 0 aliphatic carbocycles. The van der Waals surface area contributed by atoms with Crippen molar-refractivity contribution in [2.24, 2.45) is 0 Å². The Morgan fingerprint density at radius 2 is 2.05 bits per heavy atom. The predicted octanol–water partition coefficient (Wildman–Crippen LogP) is 3.62. The standard InChI is InChI=1S/C14H11BrN2O4/c1-8-7-9(5-6-10(8)15)14(19)16-13-11(17(20)21)3-2-4-12(13)18/h2-7,18H,1H3,(H,16,19). The van der Waals surface area contributed by atoms with Gasteiger partial charge in [0.15, 0.2) is 5.69 Å². The van der Waals surface area contributed by atoms with Gasteiger partial charge in [0.2, 0.25) is 0 Å². The van der Waals surface area contributed by atoms with E-state index in [1.807, 2.05) is 6.92 Å². The Morgan fingerprint density at radius 1 is 1.33 bits per heavy atom. The first-order valence-corrected chi connectivity index (χ1v) is 6.73. The van der Waals surface area contributed by atoms with Gasteiger partial charge in [-0.05, 0) is 36.8 Å². The molecule has 0 heterocycles. The molecule has 2 N–H and O–H groups in total. The highest BCUT2D eigenvalue weighted by molar-refractivity contribution is 9.10. The molecule has 0 radical (unpaired) electrons. The fourth-order valence-corrected chi connectivity index (χ4v) is 2.03. The topological polar surface area (TPSA) is 92.5 Å². The maximum atomic E-state index is 12.1. The highest BCUT2D eigenvalue weighted by atomic mass is 79.9. The van der Waals surface area contributed by atoms with Gasteiger partial charge in [-0.3, -0.25) is 14.9 Å². The van der Waals surface area contributed by atoms with Gasteiger partial charge < -0.3 is 10.4 Å². The molecule has 0 aromatic heterocycles. The molecular weight excluding hydrogens is 340 g/mol. The fraction of sp³-hybridized carbons (Fsp3) is 0.0714. The third kappa shape index (κ3) is 3.19. The van der Waals surface area contributed by atoms with E-state index in [9.17, 15) is 20.0 Å². The van der Waals surface area contributed by atoms with E-state index in [0.29, 0.717) is 5.56 Å². The summed E-state index contributed by atoms with van der Waals surface area (Å²) in [6.07, 6.45) is 0. The summed E-state index contributed by atoms with van der Waals surface area (Å²) in [5.41, 5.74) is 0.618. The molecule has 0 unspecified atom stereocenters. The van der Waals surface area contributed by atoms with Crippen molar-refractivity contribution in [2.75, 3.05) is 5.32 Å². The lowest BCUT2D eigenvalue weighted by Gasteiger charge is -2.08. The number of nitro benzene ring substituents is 1. The minimum Gasteiger partial charge on any atom is -0.505 e. The minimum absolute atomic E-state index is 0.215. The number of phenols is 1. The average molecular weight is 351 g/mol. The number of aromatic hydroxyl groups is 1. The summed E-state index contributed by atoms with van der Waals surface area (Å²) >= 11 is 3.33. The maximum absolute atomic E-state index is 12.1. The second-order valence-electron chi connectivity index (χ2n) is 4.35. The van der Waals surface area contributed by atoms with Crippen LogP contribution in [0.2, 0.25) is 0 Å². The molecule has 6 nitrogen and oxygen atoms in total. The minimum atomic E-state index is -0.665. The van der Waals surface area contributed by atoms with Gasteiger partial charge in [-0.25, -0.2) is 0 Å². The Labute approximate surface area is 128 Å². The molecule has 1 amide bonds. The number of hydrogen-bond donors (Lipinski definition) is 2. The van der Waals surface area contributed by atoms with Crippen LogP contribution in [0.25, 0.3) is 0 Å². The number of carbonyl (C=O) groups is 1. The molecule has 0 aliphatic rings. The molecule has 0 bridgehead atoms. The molecule has 0 fully saturated rings. The molecule has 0 aliphatic heterocycles. The number of hydrogen-bond acceptors (Lipinski definition) is 4. The fourth-order valence-electron chi connectivity index (χ4n) is 1.78. The van der Waals surface area contributed by atoms with Gasteiger partial charge in [0.25, 0.3) is 11.6 Å². The molecule has 2 rings (SSSR count). The summed E-state index contributed by atoms with van der Waals surface area (Å²) < 4.78 is 0.854.